The fraction of sp³-hybridized carbons (Fsp3) is 1.00. The van der Waals surface area contributed by atoms with Gasteiger partial charge in [-0.05, 0) is 52.4 Å². The van der Waals surface area contributed by atoms with Gasteiger partial charge in [0.1, 0.15) is 0 Å². The first kappa shape index (κ1) is 15.4. The highest BCUT2D eigenvalue weighted by Gasteiger charge is 2.64. The molecule has 22 heavy (non-hydrogen) atoms. The van der Waals surface area contributed by atoms with E-state index in [0.717, 1.165) is 35.5 Å². The Hall–Kier alpha value is -0.0800. The minimum atomic E-state index is 1.09. The third-order valence-electron chi connectivity index (χ3n) is 9.21. The molecule has 4 atom stereocenters. The molecule has 0 aromatic rings. The molecule has 0 N–H and O–H groups in total. The van der Waals surface area contributed by atoms with Crippen LogP contribution in [-0.2, 0) is 0 Å². The number of hydrogen-bond acceptors (Lipinski definition) is 0. The van der Waals surface area contributed by atoms with Crippen LogP contribution in [0.1, 0.15) is 40.5 Å². The number of rotatable bonds is 4. The predicted octanol–water partition coefficient (Wildman–Crippen LogP) is 3.23. The van der Waals surface area contributed by atoms with Gasteiger partial charge >= 0.3 is 0 Å². The van der Waals surface area contributed by atoms with E-state index in [1.165, 1.54) is 61.3 Å². The van der Waals surface area contributed by atoms with Crippen LogP contribution >= 0.6 is 0 Å². The number of fused-ring (bicyclic) bond motifs is 1. The molecule has 2 nitrogen and oxygen atoms in total. The van der Waals surface area contributed by atoms with Crippen molar-refractivity contribution in [2.45, 2.75) is 40.5 Å². The van der Waals surface area contributed by atoms with Crippen molar-refractivity contribution >= 4 is 0 Å². The minimum Gasteiger partial charge on any atom is -0.324 e. The molecule has 3 aliphatic carbocycles. The second-order valence-corrected chi connectivity index (χ2v) is 9.24. The molecule has 3 saturated carbocycles. The van der Waals surface area contributed by atoms with Crippen molar-refractivity contribution in [3.05, 3.63) is 0 Å². The Morgan fingerprint density at radius 1 is 0.500 bits per heavy atom. The van der Waals surface area contributed by atoms with Crippen LogP contribution in [0, 0.1) is 35.5 Å². The molecule has 2 bridgehead atoms. The first-order chi connectivity index (χ1) is 10.6. The second kappa shape index (κ2) is 5.21. The first-order valence-corrected chi connectivity index (χ1v) is 10.3. The molecular weight excluding hydrogens is 268 g/mol. The summed E-state index contributed by atoms with van der Waals surface area (Å²) >= 11 is 0. The lowest BCUT2D eigenvalue weighted by atomic mass is 9.52. The van der Waals surface area contributed by atoms with Gasteiger partial charge in [-0.25, -0.2) is 0 Å². The van der Waals surface area contributed by atoms with Crippen LogP contribution in [0.2, 0.25) is 0 Å². The van der Waals surface area contributed by atoms with Crippen LogP contribution in [0.5, 0.6) is 0 Å². The standard InChI is InChI=1S/C20H38N2/c1-5-21(6-2)11-17-15-9-10-16(18(17)12-21)20-14-22(7-3,8-4)13-19(15)20/h15-20H,5-14H2,1-4H3/q+2. The highest BCUT2D eigenvalue weighted by atomic mass is 15.4. The molecule has 0 radical (unpaired) electrons. The Morgan fingerprint density at radius 3 is 1.00 bits per heavy atom. The third kappa shape index (κ3) is 1.92. The summed E-state index contributed by atoms with van der Waals surface area (Å²) in [6, 6.07) is 0. The molecule has 2 saturated heterocycles. The summed E-state index contributed by atoms with van der Waals surface area (Å²) in [7, 11) is 0. The predicted molar refractivity (Wildman–Crippen MR) is 92.3 cm³/mol. The van der Waals surface area contributed by atoms with E-state index < -0.39 is 0 Å². The molecule has 4 unspecified atom stereocenters. The summed E-state index contributed by atoms with van der Waals surface area (Å²) in [5, 5.41) is 0. The Balaban J connectivity index is 1.62. The normalized spacial score (nSPS) is 47.5. The number of likely N-dealkylation sites (tertiary alicyclic amines) is 2. The van der Waals surface area contributed by atoms with Crippen molar-refractivity contribution in [2.24, 2.45) is 35.5 Å². The molecule has 0 aromatic carbocycles. The zero-order valence-electron chi connectivity index (χ0n) is 15.4. The van der Waals surface area contributed by atoms with E-state index in [2.05, 4.69) is 27.7 Å². The number of hydrogen-bond donors (Lipinski definition) is 0. The average molecular weight is 307 g/mol. The van der Waals surface area contributed by atoms with Crippen LogP contribution in [-0.4, -0.2) is 61.3 Å². The van der Waals surface area contributed by atoms with Gasteiger partial charge in [0.15, 0.2) is 0 Å². The van der Waals surface area contributed by atoms with E-state index >= 15 is 0 Å². The smallest absolute Gasteiger partial charge is 0.0823 e. The highest BCUT2D eigenvalue weighted by molar-refractivity contribution is 5.04. The van der Waals surface area contributed by atoms with Gasteiger partial charge in [0.2, 0.25) is 0 Å². The number of quaternary nitrogens is 2. The van der Waals surface area contributed by atoms with Crippen molar-refractivity contribution < 1.29 is 8.97 Å². The highest BCUT2D eigenvalue weighted by Crippen LogP contribution is 2.61. The van der Waals surface area contributed by atoms with Crippen LogP contribution in [0.4, 0.5) is 0 Å². The number of nitrogens with zero attached hydrogens (tertiary/aromatic N) is 2. The Labute approximate surface area is 138 Å². The monoisotopic (exact) mass is 306 g/mol. The summed E-state index contributed by atoms with van der Waals surface area (Å²) in [6.07, 6.45) is 3.15. The first-order valence-electron chi connectivity index (χ1n) is 10.3. The fourth-order valence-electron chi connectivity index (χ4n) is 7.65. The Bertz CT molecular complexity index is 355. The molecule has 5 aliphatic rings. The molecule has 126 valence electrons. The zero-order chi connectivity index (χ0) is 15.5. The lowest BCUT2D eigenvalue weighted by molar-refractivity contribution is -0.918. The SMILES string of the molecule is CC[N+]1(CC)CC2C3CCC(C2C1)C1C[N+](CC)(CC)CC31. The lowest BCUT2D eigenvalue weighted by Crippen LogP contribution is -2.49. The van der Waals surface area contributed by atoms with Gasteiger partial charge in [-0.1, -0.05) is 0 Å². The third-order valence-corrected chi connectivity index (χ3v) is 9.21. The van der Waals surface area contributed by atoms with Crippen LogP contribution in [0.15, 0.2) is 0 Å². The summed E-state index contributed by atoms with van der Waals surface area (Å²) in [5.41, 5.74) is 0. The van der Waals surface area contributed by atoms with Gasteiger partial charge in [0, 0.05) is 23.7 Å². The topological polar surface area (TPSA) is 0 Å². The van der Waals surface area contributed by atoms with E-state index in [4.69, 9.17) is 0 Å². The minimum absolute atomic E-state index is 1.09. The van der Waals surface area contributed by atoms with Gasteiger partial charge in [0.05, 0.1) is 52.4 Å². The molecule has 0 spiro atoms. The summed E-state index contributed by atoms with van der Waals surface area (Å²) < 4.78 is 2.90. The van der Waals surface area contributed by atoms with Crippen molar-refractivity contribution in [3.8, 4) is 0 Å². The molecule has 5 fully saturated rings. The quantitative estimate of drug-likeness (QED) is 0.700. The molecule has 5 rings (SSSR count). The van der Waals surface area contributed by atoms with E-state index in [9.17, 15) is 0 Å². The Morgan fingerprint density at radius 2 is 0.773 bits per heavy atom. The van der Waals surface area contributed by atoms with Crippen molar-refractivity contribution in [1.29, 1.82) is 0 Å². The molecular formula is C20H38N2+2. The molecule has 2 heteroatoms. The van der Waals surface area contributed by atoms with Gasteiger partial charge in [-0.3, -0.25) is 0 Å². The van der Waals surface area contributed by atoms with Gasteiger partial charge in [0.25, 0.3) is 0 Å². The summed E-state index contributed by atoms with van der Waals surface area (Å²) in [4.78, 5) is 0. The van der Waals surface area contributed by atoms with Crippen molar-refractivity contribution in [3.63, 3.8) is 0 Å². The fourth-order valence-corrected chi connectivity index (χ4v) is 7.65. The largest absolute Gasteiger partial charge is 0.324 e. The van der Waals surface area contributed by atoms with E-state index in [1.54, 1.807) is 12.8 Å². The molecule has 0 amide bonds. The van der Waals surface area contributed by atoms with Crippen LogP contribution < -0.4 is 0 Å². The van der Waals surface area contributed by atoms with Gasteiger partial charge in [-0.2, -0.15) is 0 Å². The summed E-state index contributed by atoms with van der Waals surface area (Å²) in [5.74, 6) is 6.55. The van der Waals surface area contributed by atoms with Gasteiger partial charge in [-0.15, -0.1) is 0 Å². The maximum atomic E-state index is 2.44. The van der Waals surface area contributed by atoms with Crippen molar-refractivity contribution in [2.75, 3.05) is 52.4 Å². The van der Waals surface area contributed by atoms with Crippen molar-refractivity contribution in [1.82, 2.24) is 0 Å². The second-order valence-electron chi connectivity index (χ2n) is 9.24. The van der Waals surface area contributed by atoms with E-state index in [1.807, 2.05) is 0 Å². The molecule has 2 aliphatic heterocycles. The van der Waals surface area contributed by atoms with E-state index in [0.29, 0.717) is 0 Å². The van der Waals surface area contributed by atoms with Crippen LogP contribution in [0.3, 0.4) is 0 Å². The van der Waals surface area contributed by atoms with E-state index in [-0.39, 0.29) is 0 Å². The lowest BCUT2D eigenvalue weighted by Gasteiger charge is -2.49. The maximum absolute atomic E-state index is 2.44. The average Bonchev–Trinajstić information content (AvgIpc) is 3.16. The summed E-state index contributed by atoms with van der Waals surface area (Å²) in [6.45, 7) is 21.4. The molecule has 0 aromatic heterocycles. The maximum Gasteiger partial charge on any atom is 0.0823 e. The van der Waals surface area contributed by atoms with Crippen LogP contribution in [0.25, 0.3) is 0 Å². The molecule has 2 heterocycles. The zero-order valence-corrected chi connectivity index (χ0v) is 15.4. The Kier molecular flexibility index (Phi) is 3.66. The van der Waals surface area contributed by atoms with Gasteiger partial charge < -0.3 is 8.97 Å².